The molecular weight excluding hydrogens is 359 g/mol. The van der Waals surface area contributed by atoms with Crippen LogP contribution in [0.15, 0.2) is 51.8 Å². The van der Waals surface area contributed by atoms with Crippen molar-refractivity contribution in [2.24, 2.45) is 0 Å². The summed E-state index contributed by atoms with van der Waals surface area (Å²) in [6, 6.07) is 10.2. The lowest BCUT2D eigenvalue weighted by atomic mass is 10.1. The van der Waals surface area contributed by atoms with Crippen LogP contribution < -0.4 is 4.74 Å². The molecule has 0 bridgehead atoms. The van der Waals surface area contributed by atoms with Crippen molar-refractivity contribution >= 4 is 25.8 Å². The lowest BCUT2D eigenvalue weighted by Gasteiger charge is -2.26. The van der Waals surface area contributed by atoms with Gasteiger partial charge in [-0.15, -0.1) is 0 Å². The maximum absolute atomic E-state index is 13.0. The Labute approximate surface area is 130 Å². The van der Waals surface area contributed by atoms with Crippen LogP contribution in [0, 0.1) is 5.82 Å². The summed E-state index contributed by atoms with van der Waals surface area (Å²) in [6.07, 6.45) is 0.383. The highest BCUT2D eigenvalue weighted by Crippen LogP contribution is 2.41. The fourth-order valence-corrected chi connectivity index (χ4v) is 4.56. The van der Waals surface area contributed by atoms with Gasteiger partial charge in [-0.1, -0.05) is 22.0 Å². The Kier molecular flexibility index (Phi) is 3.75. The van der Waals surface area contributed by atoms with Crippen molar-refractivity contribution in [1.82, 2.24) is 0 Å². The van der Waals surface area contributed by atoms with Crippen LogP contribution in [0.3, 0.4) is 0 Å². The molecule has 0 amide bonds. The standard InChI is InChI=1S/C15H12BrFO3S/c16-10-1-6-13-14(9-10)20-8-7-15(13)21(18,19)12-4-2-11(17)3-5-12/h1-6,9,15H,7-8H2. The van der Waals surface area contributed by atoms with Gasteiger partial charge in [-0.2, -0.15) is 0 Å². The Morgan fingerprint density at radius 3 is 2.57 bits per heavy atom. The SMILES string of the molecule is O=S(=O)(c1ccc(F)cc1)C1CCOc2cc(Br)ccc21. The molecule has 6 heteroatoms. The molecule has 1 aliphatic heterocycles. The van der Waals surface area contributed by atoms with Crippen molar-refractivity contribution in [1.29, 1.82) is 0 Å². The molecule has 3 nitrogen and oxygen atoms in total. The van der Waals surface area contributed by atoms with Gasteiger partial charge in [0, 0.05) is 16.5 Å². The molecule has 0 fully saturated rings. The molecule has 0 radical (unpaired) electrons. The van der Waals surface area contributed by atoms with Crippen LogP contribution in [0.1, 0.15) is 17.2 Å². The summed E-state index contributed by atoms with van der Waals surface area (Å²) in [5, 5.41) is -0.667. The molecule has 0 aromatic heterocycles. The van der Waals surface area contributed by atoms with Crippen LogP contribution in [0.4, 0.5) is 4.39 Å². The van der Waals surface area contributed by atoms with Crippen LogP contribution >= 0.6 is 15.9 Å². The highest BCUT2D eigenvalue weighted by Gasteiger charge is 2.34. The second kappa shape index (κ2) is 5.42. The normalized spacial score (nSPS) is 17.9. The van der Waals surface area contributed by atoms with Gasteiger partial charge in [0.25, 0.3) is 0 Å². The van der Waals surface area contributed by atoms with Crippen molar-refractivity contribution in [3.63, 3.8) is 0 Å². The molecule has 0 saturated heterocycles. The topological polar surface area (TPSA) is 43.4 Å². The molecule has 110 valence electrons. The Morgan fingerprint density at radius 2 is 1.86 bits per heavy atom. The lowest BCUT2D eigenvalue weighted by molar-refractivity contribution is 0.283. The van der Waals surface area contributed by atoms with Crippen LogP contribution in [0.25, 0.3) is 0 Å². The Morgan fingerprint density at radius 1 is 1.14 bits per heavy atom. The lowest BCUT2D eigenvalue weighted by Crippen LogP contribution is -2.21. The van der Waals surface area contributed by atoms with E-state index >= 15 is 0 Å². The second-order valence-electron chi connectivity index (χ2n) is 4.81. The zero-order valence-electron chi connectivity index (χ0n) is 10.9. The predicted molar refractivity (Wildman–Crippen MR) is 80.6 cm³/mol. The minimum atomic E-state index is -3.57. The molecule has 2 aromatic carbocycles. The molecule has 0 aliphatic carbocycles. The highest BCUT2D eigenvalue weighted by atomic mass is 79.9. The van der Waals surface area contributed by atoms with Crippen LogP contribution in [0.5, 0.6) is 5.75 Å². The average Bonchev–Trinajstić information content (AvgIpc) is 2.46. The Bertz CT molecular complexity index is 772. The average molecular weight is 371 g/mol. The van der Waals surface area contributed by atoms with Gasteiger partial charge in [-0.05, 0) is 36.4 Å². The van der Waals surface area contributed by atoms with Gasteiger partial charge >= 0.3 is 0 Å². The third kappa shape index (κ3) is 2.70. The molecule has 1 atom stereocenters. The molecule has 0 N–H and O–H groups in total. The first kappa shape index (κ1) is 14.5. The number of halogens is 2. The quantitative estimate of drug-likeness (QED) is 0.753. The minimum absolute atomic E-state index is 0.129. The van der Waals surface area contributed by atoms with Crippen molar-refractivity contribution < 1.29 is 17.5 Å². The summed E-state index contributed by atoms with van der Waals surface area (Å²) in [7, 11) is -3.57. The number of rotatable bonds is 2. The third-order valence-corrected chi connectivity index (χ3v) is 6.14. The summed E-state index contributed by atoms with van der Waals surface area (Å²) < 4.78 is 44.9. The van der Waals surface area contributed by atoms with Crippen LogP contribution in [0.2, 0.25) is 0 Å². The molecule has 1 unspecified atom stereocenters. The van der Waals surface area contributed by atoms with E-state index in [2.05, 4.69) is 15.9 Å². The number of fused-ring (bicyclic) bond motifs is 1. The van der Waals surface area contributed by atoms with E-state index in [1.54, 1.807) is 18.2 Å². The van der Waals surface area contributed by atoms with Gasteiger partial charge in [0.1, 0.15) is 11.6 Å². The number of benzene rings is 2. The Hall–Kier alpha value is -1.40. The van der Waals surface area contributed by atoms with Gasteiger partial charge in [0.15, 0.2) is 9.84 Å². The summed E-state index contributed by atoms with van der Waals surface area (Å²) in [5.74, 6) is 0.122. The number of hydrogen-bond acceptors (Lipinski definition) is 3. The largest absolute Gasteiger partial charge is 0.493 e. The molecule has 1 heterocycles. The molecular formula is C15H12BrFO3S. The molecule has 3 rings (SSSR count). The highest BCUT2D eigenvalue weighted by molar-refractivity contribution is 9.10. The minimum Gasteiger partial charge on any atom is -0.493 e. The van der Waals surface area contributed by atoms with Crippen LogP contribution in [-0.4, -0.2) is 15.0 Å². The maximum atomic E-state index is 13.0. The summed E-state index contributed by atoms with van der Waals surface area (Å²) in [4.78, 5) is 0.129. The van der Waals surface area contributed by atoms with Crippen molar-refractivity contribution in [3.05, 3.63) is 58.3 Å². The van der Waals surface area contributed by atoms with Crippen molar-refractivity contribution in [3.8, 4) is 5.75 Å². The van der Waals surface area contributed by atoms with Gasteiger partial charge in [0.2, 0.25) is 0 Å². The predicted octanol–water partition coefficient (Wildman–Crippen LogP) is 3.89. The zero-order chi connectivity index (χ0) is 15.0. The van der Waals surface area contributed by atoms with Gasteiger partial charge < -0.3 is 4.74 Å². The van der Waals surface area contributed by atoms with Gasteiger partial charge in [-0.25, -0.2) is 12.8 Å². The summed E-state index contributed by atoms with van der Waals surface area (Å²) >= 11 is 3.34. The third-order valence-electron chi connectivity index (χ3n) is 3.48. The monoisotopic (exact) mass is 370 g/mol. The van der Waals surface area contributed by atoms with Gasteiger partial charge in [-0.3, -0.25) is 0 Å². The Balaban J connectivity index is 2.07. The summed E-state index contributed by atoms with van der Waals surface area (Å²) in [6.45, 7) is 0.342. The molecule has 2 aromatic rings. The fourth-order valence-electron chi connectivity index (χ4n) is 2.44. The van der Waals surface area contributed by atoms with Crippen molar-refractivity contribution in [2.75, 3.05) is 6.61 Å². The first-order valence-electron chi connectivity index (χ1n) is 6.40. The van der Waals surface area contributed by atoms with Crippen LogP contribution in [-0.2, 0) is 9.84 Å². The van der Waals surface area contributed by atoms with E-state index in [0.717, 1.165) is 16.6 Å². The molecule has 0 saturated carbocycles. The number of hydrogen-bond donors (Lipinski definition) is 0. The van der Waals surface area contributed by atoms with E-state index in [1.807, 2.05) is 0 Å². The fraction of sp³-hybridized carbons (Fsp3) is 0.200. The number of ether oxygens (including phenoxy) is 1. The number of sulfone groups is 1. The maximum Gasteiger partial charge on any atom is 0.185 e. The van der Waals surface area contributed by atoms with E-state index in [0.29, 0.717) is 24.3 Å². The van der Waals surface area contributed by atoms with E-state index in [9.17, 15) is 12.8 Å². The second-order valence-corrected chi connectivity index (χ2v) is 7.85. The van der Waals surface area contributed by atoms with E-state index < -0.39 is 20.9 Å². The van der Waals surface area contributed by atoms with E-state index in [-0.39, 0.29) is 4.90 Å². The molecule has 0 spiro atoms. The first-order valence-corrected chi connectivity index (χ1v) is 8.74. The van der Waals surface area contributed by atoms with Crippen molar-refractivity contribution in [2.45, 2.75) is 16.6 Å². The zero-order valence-corrected chi connectivity index (χ0v) is 13.3. The first-order chi connectivity index (χ1) is 9.98. The molecule has 21 heavy (non-hydrogen) atoms. The smallest absolute Gasteiger partial charge is 0.185 e. The summed E-state index contributed by atoms with van der Waals surface area (Å²) in [5.41, 5.74) is 0.647. The van der Waals surface area contributed by atoms with Gasteiger partial charge in [0.05, 0.1) is 16.8 Å². The molecule has 1 aliphatic rings. The van der Waals surface area contributed by atoms with E-state index in [1.165, 1.54) is 12.1 Å². The van der Waals surface area contributed by atoms with E-state index in [4.69, 9.17) is 4.74 Å².